The molecular weight excluding hydrogens is 358 g/mol. The van der Waals surface area contributed by atoms with Crippen LogP contribution in [-0.2, 0) is 4.74 Å². The molecule has 1 aromatic carbocycles. The number of carbonyl (C=O) groups is 1. The SMILES string of the molecule is CC(C)(C)OC(=O)N1CCC(Oc2cc(Cl)ccc2Br)C1. The number of hydrogen-bond acceptors (Lipinski definition) is 3. The third kappa shape index (κ3) is 4.78. The lowest BCUT2D eigenvalue weighted by Gasteiger charge is -2.24. The smallest absolute Gasteiger partial charge is 0.410 e. The first kappa shape index (κ1) is 16.4. The Bertz CT molecular complexity index is 530. The van der Waals surface area contributed by atoms with Gasteiger partial charge in [0.15, 0.2) is 0 Å². The van der Waals surface area contributed by atoms with Crippen molar-refractivity contribution in [3.63, 3.8) is 0 Å². The molecule has 0 spiro atoms. The molecule has 0 N–H and O–H groups in total. The van der Waals surface area contributed by atoms with E-state index in [-0.39, 0.29) is 12.2 Å². The minimum atomic E-state index is -0.480. The summed E-state index contributed by atoms with van der Waals surface area (Å²) < 4.78 is 12.1. The van der Waals surface area contributed by atoms with Gasteiger partial charge in [0.2, 0.25) is 0 Å². The summed E-state index contributed by atoms with van der Waals surface area (Å²) in [4.78, 5) is 13.7. The Labute approximate surface area is 138 Å². The zero-order valence-corrected chi connectivity index (χ0v) is 14.7. The van der Waals surface area contributed by atoms with E-state index in [1.165, 1.54) is 0 Å². The average molecular weight is 377 g/mol. The Kier molecular flexibility index (Phi) is 5.04. The highest BCUT2D eigenvalue weighted by molar-refractivity contribution is 9.10. The highest BCUT2D eigenvalue weighted by atomic mass is 79.9. The van der Waals surface area contributed by atoms with Gasteiger partial charge >= 0.3 is 6.09 Å². The molecule has 6 heteroatoms. The maximum Gasteiger partial charge on any atom is 0.410 e. The van der Waals surface area contributed by atoms with Crippen LogP contribution >= 0.6 is 27.5 Å². The summed E-state index contributed by atoms with van der Waals surface area (Å²) in [6.45, 7) is 6.74. The molecule has 21 heavy (non-hydrogen) atoms. The topological polar surface area (TPSA) is 38.8 Å². The van der Waals surface area contributed by atoms with Crippen molar-refractivity contribution >= 4 is 33.6 Å². The number of likely N-dealkylation sites (tertiary alicyclic amines) is 1. The molecular formula is C15H19BrClNO3. The normalized spacial score (nSPS) is 18.7. The Morgan fingerprint density at radius 3 is 2.81 bits per heavy atom. The Hall–Kier alpha value is -0.940. The number of rotatable bonds is 2. The molecule has 1 aliphatic heterocycles. The quantitative estimate of drug-likeness (QED) is 0.763. The van der Waals surface area contributed by atoms with E-state index in [1.54, 1.807) is 17.0 Å². The number of carbonyl (C=O) groups excluding carboxylic acids is 1. The van der Waals surface area contributed by atoms with E-state index in [0.29, 0.717) is 23.9 Å². The summed E-state index contributed by atoms with van der Waals surface area (Å²) in [7, 11) is 0. The van der Waals surface area contributed by atoms with Crippen LogP contribution in [0, 0.1) is 0 Å². The molecule has 0 bridgehead atoms. The lowest BCUT2D eigenvalue weighted by atomic mass is 10.2. The molecule has 1 aliphatic rings. The minimum absolute atomic E-state index is 0.0488. The van der Waals surface area contributed by atoms with Crippen molar-refractivity contribution in [3.05, 3.63) is 27.7 Å². The van der Waals surface area contributed by atoms with Crippen LogP contribution in [0.1, 0.15) is 27.2 Å². The van der Waals surface area contributed by atoms with E-state index in [4.69, 9.17) is 21.1 Å². The first-order chi connectivity index (χ1) is 9.74. The van der Waals surface area contributed by atoms with Gasteiger partial charge in [-0.05, 0) is 54.9 Å². The Morgan fingerprint density at radius 1 is 1.43 bits per heavy atom. The van der Waals surface area contributed by atoms with Gasteiger partial charge in [-0.15, -0.1) is 0 Å². The second-order valence-corrected chi connectivity index (χ2v) is 7.32. The maximum absolute atomic E-state index is 12.0. The number of halogens is 2. The summed E-state index contributed by atoms with van der Waals surface area (Å²) in [6.07, 6.45) is 0.434. The second kappa shape index (κ2) is 6.44. The van der Waals surface area contributed by atoms with Crippen LogP contribution in [0.5, 0.6) is 5.75 Å². The average Bonchev–Trinajstić information content (AvgIpc) is 2.80. The molecule has 1 saturated heterocycles. The predicted octanol–water partition coefficient (Wildman–Crippen LogP) is 4.49. The standard InChI is InChI=1S/C15H19BrClNO3/c1-15(2,3)21-14(19)18-7-6-11(9-18)20-13-8-10(17)4-5-12(13)16/h4-5,8,11H,6-7,9H2,1-3H3. The second-order valence-electron chi connectivity index (χ2n) is 6.03. The summed E-state index contributed by atoms with van der Waals surface area (Å²) in [6, 6.07) is 5.40. The molecule has 1 aromatic rings. The highest BCUT2D eigenvalue weighted by Gasteiger charge is 2.31. The third-order valence-electron chi connectivity index (χ3n) is 2.98. The van der Waals surface area contributed by atoms with Gasteiger partial charge in [0.1, 0.15) is 17.5 Å². The molecule has 1 amide bonds. The maximum atomic E-state index is 12.0. The van der Waals surface area contributed by atoms with E-state index < -0.39 is 5.60 Å². The summed E-state index contributed by atoms with van der Waals surface area (Å²) in [5.41, 5.74) is -0.480. The van der Waals surface area contributed by atoms with Crippen LogP contribution in [0.15, 0.2) is 22.7 Å². The van der Waals surface area contributed by atoms with Gasteiger partial charge in [-0.3, -0.25) is 0 Å². The molecule has 0 aliphatic carbocycles. The van der Waals surface area contributed by atoms with Crippen LogP contribution in [-0.4, -0.2) is 35.8 Å². The van der Waals surface area contributed by atoms with Crippen LogP contribution in [0.4, 0.5) is 4.79 Å². The van der Waals surface area contributed by atoms with E-state index in [9.17, 15) is 4.79 Å². The van der Waals surface area contributed by atoms with Crippen molar-refractivity contribution in [2.75, 3.05) is 13.1 Å². The van der Waals surface area contributed by atoms with Crippen LogP contribution in [0.2, 0.25) is 5.02 Å². The molecule has 0 radical (unpaired) electrons. The van der Waals surface area contributed by atoms with Crippen LogP contribution < -0.4 is 4.74 Å². The lowest BCUT2D eigenvalue weighted by Crippen LogP contribution is -2.36. The largest absolute Gasteiger partial charge is 0.487 e. The van der Waals surface area contributed by atoms with Crippen molar-refractivity contribution in [3.8, 4) is 5.75 Å². The van der Waals surface area contributed by atoms with E-state index in [0.717, 1.165) is 10.9 Å². The number of benzene rings is 1. The summed E-state index contributed by atoms with van der Waals surface area (Å²) >= 11 is 9.40. The zero-order chi connectivity index (χ0) is 15.6. The van der Waals surface area contributed by atoms with Gasteiger partial charge in [-0.1, -0.05) is 11.6 Å². The molecule has 1 heterocycles. The molecule has 0 aromatic heterocycles. The van der Waals surface area contributed by atoms with Crippen LogP contribution in [0.25, 0.3) is 0 Å². The van der Waals surface area contributed by atoms with Gasteiger partial charge in [-0.2, -0.15) is 0 Å². The molecule has 1 unspecified atom stereocenters. The van der Waals surface area contributed by atoms with Crippen molar-refractivity contribution in [2.45, 2.75) is 38.9 Å². The Balaban J connectivity index is 1.93. The fourth-order valence-electron chi connectivity index (χ4n) is 2.06. The molecule has 2 rings (SSSR count). The molecule has 1 atom stereocenters. The van der Waals surface area contributed by atoms with Gasteiger partial charge < -0.3 is 14.4 Å². The summed E-state index contributed by atoms with van der Waals surface area (Å²) in [5, 5.41) is 0.621. The highest BCUT2D eigenvalue weighted by Crippen LogP contribution is 2.30. The van der Waals surface area contributed by atoms with Crippen molar-refractivity contribution < 1.29 is 14.3 Å². The lowest BCUT2D eigenvalue weighted by molar-refractivity contribution is 0.0275. The third-order valence-corrected chi connectivity index (χ3v) is 3.87. The predicted molar refractivity (Wildman–Crippen MR) is 86.0 cm³/mol. The van der Waals surface area contributed by atoms with Crippen molar-refractivity contribution in [1.29, 1.82) is 0 Å². The monoisotopic (exact) mass is 375 g/mol. The summed E-state index contributed by atoms with van der Waals surface area (Å²) in [5.74, 6) is 0.693. The molecule has 4 nitrogen and oxygen atoms in total. The zero-order valence-electron chi connectivity index (χ0n) is 12.4. The van der Waals surface area contributed by atoms with E-state index in [1.807, 2.05) is 26.8 Å². The first-order valence-electron chi connectivity index (χ1n) is 6.84. The minimum Gasteiger partial charge on any atom is -0.487 e. The molecule has 1 fully saturated rings. The number of hydrogen-bond donors (Lipinski definition) is 0. The number of nitrogens with zero attached hydrogens (tertiary/aromatic N) is 1. The van der Waals surface area contributed by atoms with Gasteiger partial charge in [-0.25, -0.2) is 4.79 Å². The van der Waals surface area contributed by atoms with Gasteiger partial charge in [0, 0.05) is 18.0 Å². The molecule has 116 valence electrons. The molecule has 0 saturated carbocycles. The van der Waals surface area contributed by atoms with Gasteiger partial charge in [0.05, 0.1) is 11.0 Å². The fraction of sp³-hybridized carbons (Fsp3) is 0.533. The first-order valence-corrected chi connectivity index (χ1v) is 8.01. The Morgan fingerprint density at radius 2 is 2.14 bits per heavy atom. The van der Waals surface area contributed by atoms with Crippen molar-refractivity contribution in [2.24, 2.45) is 0 Å². The van der Waals surface area contributed by atoms with E-state index in [2.05, 4.69) is 15.9 Å². The van der Waals surface area contributed by atoms with Crippen molar-refractivity contribution in [1.82, 2.24) is 4.90 Å². The van der Waals surface area contributed by atoms with Crippen LogP contribution in [0.3, 0.4) is 0 Å². The van der Waals surface area contributed by atoms with Gasteiger partial charge in [0.25, 0.3) is 0 Å². The number of amides is 1. The number of ether oxygens (including phenoxy) is 2. The van der Waals surface area contributed by atoms with E-state index >= 15 is 0 Å². The fourth-order valence-corrected chi connectivity index (χ4v) is 2.57.